The maximum atomic E-state index is 12.5. The highest BCUT2D eigenvalue weighted by molar-refractivity contribution is 5.76. The van der Waals surface area contributed by atoms with Gasteiger partial charge in [0.25, 0.3) is 0 Å². The summed E-state index contributed by atoms with van der Waals surface area (Å²) in [5, 5.41) is 0. The van der Waals surface area contributed by atoms with Crippen LogP contribution in [0.15, 0.2) is 0 Å². The zero-order valence-corrected chi connectivity index (χ0v) is 12.5. The Morgan fingerprint density at radius 1 is 1.16 bits per heavy atom. The summed E-state index contributed by atoms with van der Waals surface area (Å²) in [5.41, 5.74) is 0. The normalized spacial score (nSPS) is 35.8. The number of rotatable bonds is 3. The van der Waals surface area contributed by atoms with Crippen molar-refractivity contribution < 1.29 is 4.79 Å². The van der Waals surface area contributed by atoms with Gasteiger partial charge in [0.15, 0.2) is 0 Å². The molecule has 3 atom stereocenters. The molecule has 3 heteroatoms. The first-order valence-electron chi connectivity index (χ1n) is 8.07. The van der Waals surface area contributed by atoms with E-state index in [1.54, 1.807) is 0 Å². The monoisotopic (exact) mass is 264 g/mol. The van der Waals surface area contributed by atoms with Crippen LogP contribution in [-0.2, 0) is 4.79 Å². The standard InChI is InChI=1S/C16H28N2O/c1-17-7-5-15(6-8-17)18(2)16(19)11-14-10-12-3-4-13(14)9-12/h12-15H,3-11H2,1-2H3. The van der Waals surface area contributed by atoms with Gasteiger partial charge in [-0.1, -0.05) is 6.42 Å². The molecule has 108 valence electrons. The smallest absolute Gasteiger partial charge is 0.222 e. The summed E-state index contributed by atoms with van der Waals surface area (Å²) >= 11 is 0. The minimum atomic E-state index is 0.409. The van der Waals surface area contributed by atoms with Crippen LogP contribution in [0.1, 0.15) is 44.9 Å². The first-order valence-corrected chi connectivity index (χ1v) is 8.07. The second kappa shape index (κ2) is 5.43. The molecule has 0 radical (unpaired) electrons. The van der Waals surface area contributed by atoms with Crippen molar-refractivity contribution in [1.82, 2.24) is 9.80 Å². The number of amides is 1. The fraction of sp³-hybridized carbons (Fsp3) is 0.938. The molecule has 0 aromatic heterocycles. The summed E-state index contributed by atoms with van der Waals surface area (Å²) in [6.07, 6.45) is 8.68. The molecule has 2 saturated carbocycles. The van der Waals surface area contributed by atoms with Crippen molar-refractivity contribution in [3.8, 4) is 0 Å². The minimum Gasteiger partial charge on any atom is -0.343 e. The molecule has 3 fully saturated rings. The van der Waals surface area contributed by atoms with Crippen molar-refractivity contribution in [1.29, 1.82) is 0 Å². The second-order valence-electron chi connectivity index (χ2n) is 7.18. The average Bonchev–Trinajstić information content (AvgIpc) is 3.01. The Kier molecular flexibility index (Phi) is 3.84. The van der Waals surface area contributed by atoms with Gasteiger partial charge in [-0.2, -0.15) is 0 Å². The number of hydrogen-bond acceptors (Lipinski definition) is 2. The number of piperidine rings is 1. The number of likely N-dealkylation sites (tertiary alicyclic amines) is 1. The molecule has 2 bridgehead atoms. The molecule has 3 unspecified atom stereocenters. The van der Waals surface area contributed by atoms with E-state index in [2.05, 4.69) is 16.8 Å². The SMILES string of the molecule is CN1CCC(N(C)C(=O)CC2CC3CCC2C3)CC1. The van der Waals surface area contributed by atoms with E-state index in [0.29, 0.717) is 17.9 Å². The minimum absolute atomic E-state index is 0.409. The molecular weight excluding hydrogens is 236 g/mol. The van der Waals surface area contributed by atoms with Crippen molar-refractivity contribution in [2.24, 2.45) is 17.8 Å². The molecule has 2 aliphatic carbocycles. The van der Waals surface area contributed by atoms with Gasteiger partial charge >= 0.3 is 0 Å². The van der Waals surface area contributed by atoms with Crippen molar-refractivity contribution in [3.63, 3.8) is 0 Å². The van der Waals surface area contributed by atoms with Crippen molar-refractivity contribution in [2.45, 2.75) is 51.0 Å². The van der Waals surface area contributed by atoms with Crippen LogP contribution in [0.3, 0.4) is 0 Å². The van der Waals surface area contributed by atoms with Crippen LogP contribution in [0.25, 0.3) is 0 Å². The first-order chi connectivity index (χ1) is 9.13. The Morgan fingerprint density at radius 2 is 1.89 bits per heavy atom. The highest BCUT2D eigenvalue weighted by Gasteiger charge is 2.40. The molecule has 0 aromatic rings. The molecule has 0 spiro atoms. The Labute approximate surface area is 117 Å². The highest BCUT2D eigenvalue weighted by atomic mass is 16.2. The van der Waals surface area contributed by atoms with Gasteiger partial charge in [-0.3, -0.25) is 4.79 Å². The van der Waals surface area contributed by atoms with Gasteiger partial charge in [0.2, 0.25) is 5.91 Å². The van der Waals surface area contributed by atoms with Gasteiger partial charge < -0.3 is 9.80 Å². The fourth-order valence-electron chi connectivity index (χ4n) is 4.58. The molecule has 3 rings (SSSR count). The van der Waals surface area contributed by atoms with E-state index < -0.39 is 0 Å². The topological polar surface area (TPSA) is 23.6 Å². The molecule has 3 nitrogen and oxygen atoms in total. The van der Waals surface area contributed by atoms with Crippen LogP contribution < -0.4 is 0 Å². The van der Waals surface area contributed by atoms with Crippen LogP contribution in [0.4, 0.5) is 0 Å². The van der Waals surface area contributed by atoms with Crippen LogP contribution in [0.5, 0.6) is 0 Å². The lowest BCUT2D eigenvalue weighted by Crippen LogP contribution is -2.45. The van der Waals surface area contributed by atoms with Crippen LogP contribution >= 0.6 is 0 Å². The van der Waals surface area contributed by atoms with E-state index >= 15 is 0 Å². The van der Waals surface area contributed by atoms with E-state index in [9.17, 15) is 4.79 Å². The number of carbonyl (C=O) groups is 1. The molecule has 1 aliphatic heterocycles. The largest absolute Gasteiger partial charge is 0.343 e. The van der Waals surface area contributed by atoms with Crippen LogP contribution in [-0.4, -0.2) is 48.9 Å². The van der Waals surface area contributed by atoms with Crippen LogP contribution in [0.2, 0.25) is 0 Å². The summed E-state index contributed by atoms with van der Waals surface area (Å²) in [4.78, 5) is 16.9. The molecule has 3 aliphatic rings. The van der Waals surface area contributed by atoms with Crippen molar-refractivity contribution in [2.75, 3.05) is 27.2 Å². The molecule has 0 N–H and O–H groups in total. The summed E-state index contributed by atoms with van der Waals surface area (Å²) < 4.78 is 0. The third-order valence-corrected chi connectivity index (χ3v) is 5.95. The number of hydrogen-bond donors (Lipinski definition) is 0. The Hall–Kier alpha value is -0.570. The van der Waals surface area contributed by atoms with E-state index in [4.69, 9.17) is 0 Å². The highest BCUT2D eigenvalue weighted by Crippen LogP contribution is 2.49. The Morgan fingerprint density at radius 3 is 2.47 bits per heavy atom. The summed E-state index contributed by atoms with van der Waals surface area (Å²) in [5.74, 6) is 2.95. The van der Waals surface area contributed by atoms with Gasteiger partial charge in [0.05, 0.1) is 0 Å². The molecule has 0 aromatic carbocycles. The zero-order chi connectivity index (χ0) is 13.4. The van der Waals surface area contributed by atoms with Gasteiger partial charge in [-0.25, -0.2) is 0 Å². The maximum absolute atomic E-state index is 12.5. The fourth-order valence-corrected chi connectivity index (χ4v) is 4.58. The predicted octanol–water partition coefficient (Wildman–Crippen LogP) is 2.37. The first kappa shape index (κ1) is 13.4. The van der Waals surface area contributed by atoms with Crippen LogP contribution in [0, 0.1) is 17.8 Å². The quantitative estimate of drug-likeness (QED) is 0.781. The van der Waals surface area contributed by atoms with Crippen molar-refractivity contribution >= 4 is 5.91 Å². The second-order valence-corrected chi connectivity index (χ2v) is 7.18. The van der Waals surface area contributed by atoms with Gasteiger partial charge in [-0.15, -0.1) is 0 Å². The van der Waals surface area contributed by atoms with Gasteiger partial charge in [-0.05, 0) is 70.0 Å². The number of nitrogens with zero attached hydrogens (tertiary/aromatic N) is 2. The molecule has 19 heavy (non-hydrogen) atoms. The molecule has 1 amide bonds. The predicted molar refractivity (Wildman–Crippen MR) is 76.8 cm³/mol. The zero-order valence-electron chi connectivity index (χ0n) is 12.5. The lowest BCUT2D eigenvalue weighted by molar-refractivity contribution is -0.134. The van der Waals surface area contributed by atoms with E-state index in [0.717, 1.165) is 44.2 Å². The van der Waals surface area contributed by atoms with E-state index in [1.807, 2.05) is 7.05 Å². The van der Waals surface area contributed by atoms with Crippen molar-refractivity contribution in [3.05, 3.63) is 0 Å². The van der Waals surface area contributed by atoms with Gasteiger partial charge in [0, 0.05) is 19.5 Å². The lowest BCUT2D eigenvalue weighted by Gasteiger charge is -2.36. The molecular formula is C16H28N2O. The average molecular weight is 264 g/mol. The Balaban J connectivity index is 1.49. The lowest BCUT2D eigenvalue weighted by atomic mass is 9.86. The Bertz CT molecular complexity index is 336. The summed E-state index contributed by atoms with van der Waals surface area (Å²) in [6.45, 7) is 2.27. The number of carbonyl (C=O) groups excluding carboxylic acids is 1. The maximum Gasteiger partial charge on any atom is 0.222 e. The summed E-state index contributed by atoms with van der Waals surface area (Å²) in [6, 6.07) is 0.488. The third kappa shape index (κ3) is 2.81. The molecule has 1 heterocycles. The third-order valence-electron chi connectivity index (χ3n) is 5.95. The number of fused-ring (bicyclic) bond motifs is 2. The molecule has 1 saturated heterocycles. The van der Waals surface area contributed by atoms with Gasteiger partial charge in [0.1, 0.15) is 0 Å². The van der Waals surface area contributed by atoms with E-state index in [1.165, 1.54) is 25.7 Å². The summed E-state index contributed by atoms with van der Waals surface area (Å²) in [7, 11) is 4.21. The van der Waals surface area contributed by atoms with E-state index in [-0.39, 0.29) is 0 Å².